The van der Waals surface area contributed by atoms with Crippen LogP contribution >= 0.6 is 24.0 Å². The number of hydrogen-bond donors (Lipinski definition) is 1. The average molecular weight is 309 g/mol. The first-order chi connectivity index (χ1) is 9.56. The molecule has 1 aromatic carbocycles. The smallest absolute Gasteiger partial charge is 0.266 e. The summed E-state index contributed by atoms with van der Waals surface area (Å²) in [7, 11) is 0. The quantitative estimate of drug-likeness (QED) is 0.684. The highest BCUT2D eigenvalue weighted by Crippen LogP contribution is 2.34. The van der Waals surface area contributed by atoms with Crippen molar-refractivity contribution < 1.29 is 14.6 Å². The molecule has 4 nitrogen and oxygen atoms in total. The first-order valence-electron chi connectivity index (χ1n) is 6.28. The maximum Gasteiger partial charge on any atom is 0.266 e. The van der Waals surface area contributed by atoms with Crippen LogP contribution in [0.25, 0.3) is 6.08 Å². The maximum atomic E-state index is 12.1. The Morgan fingerprint density at radius 2 is 2.20 bits per heavy atom. The van der Waals surface area contributed by atoms with E-state index in [1.807, 2.05) is 13.8 Å². The maximum absolute atomic E-state index is 12.1. The van der Waals surface area contributed by atoms with Crippen LogP contribution in [0.5, 0.6) is 11.5 Å². The summed E-state index contributed by atoms with van der Waals surface area (Å²) in [4.78, 5) is 14.3. The zero-order chi connectivity index (χ0) is 14.7. The van der Waals surface area contributed by atoms with Crippen LogP contribution in [-0.2, 0) is 4.79 Å². The number of rotatable bonds is 4. The summed E-state index contributed by atoms with van der Waals surface area (Å²) in [6, 6.07) is 4.99. The number of likely N-dealkylation sites (N-methyl/N-ethyl adjacent to an activating group) is 1. The van der Waals surface area contributed by atoms with E-state index < -0.39 is 0 Å². The number of ether oxygens (including phenoxy) is 1. The zero-order valence-electron chi connectivity index (χ0n) is 11.3. The van der Waals surface area contributed by atoms with Gasteiger partial charge in [0.2, 0.25) is 0 Å². The first kappa shape index (κ1) is 14.9. The van der Waals surface area contributed by atoms with Crippen LogP contribution < -0.4 is 4.74 Å². The molecule has 1 fully saturated rings. The number of carbonyl (C=O) groups is 1. The lowest BCUT2D eigenvalue weighted by Gasteiger charge is -2.09. The van der Waals surface area contributed by atoms with Gasteiger partial charge in [-0.05, 0) is 37.6 Å². The van der Waals surface area contributed by atoms with E-state index in [0.717, 1.165) is 5.56 Å². The highest BCUT2D eigenvalue weighted by atomic mass is 32.2. The van der Waals surface area contributed by atoms with Gasteiger partial charge in [0.05, 0.1) is 11.5 Å². The van der Waals surface area contributed by atoms with E-state index in [4.69, 9.17) is 17.0 Å². The second-order valence-electron chi connectivity index (χ2n) is 4.09. The number of hydrogen-bond acceptors (Lipinski definition) is 5. The lowest BCUT2D eigenvalue weighted by Crippen LogP contribution is -2.27. The number of nitrogens with zero attached hydrogens (tertiary/aromatic N) is 1. The van der Waals surface area contributed by atoms with E-state index in [0.29, 0.717) is 28.1 Å². The van der Waals surface area contributed by atoms with E-state index in [1.165, 1.54) is 11.8 Å². The number of benzene rings is 1. The van der Waals surface area contributed by atoms with Gasteiger partial charge in [0, 0.05) is 6.54 Å². The van der Waals surface area contributed by atoms with Gasteiger partial charge in [0.1, 0.15) is 4.32 Å². The lowest BCUT2D eigenvalue weighted by molar-refractivity contribution is -0.121. The molecule has 6 heteroatoms. The average Bonchev–Trinajstić information content (AvgIpc) is 2.68. The molecule has 1 amide bonds. The molecule has 0 atom stereocenters. The first-order valence-corrected chi connectivity index (χ1v) is 7.50. The molecule has 0 unspecified atom stereocenters. The molecule has 0 saturated carbocycles. The fourth-order valence-electron chi connectivity index (χ4n) is 1.82. The molecular weight excluding hydrogens is 294 g/mol. The number of phenolic OH excluding ortho intramolecular Hbond substituents is 1. The molecule has 0 bridgehead atoms. The van der Waals surface area contributed by atoms with Crippen LogP contribution in [0.15, 0.2) is 23.1 Å². The molecule has 0 spiro atoms. The monoisotopic (exact) mass is 309 g/mol. The van der Waals surface area contributed by atoms with Crippen LogP contribution in [0.2, 0.25) is 0 Å². The number of thiocarbonyl (C=S) groups is 1. The summed E-state index contributed by atoms with van der Waals surface area (Å²) in [6.07, 6.45) is 1.76. The molecule has 1 aliphatic rings. The number of aromatic hydroxyl groups is 1. The molecule has 0 aliphatic carbocycles. The Kier molecular flexibility index (Phi) is 4.67. The summed E-state index contributed by atoms with van der Waals surface area (Å²) >= 11 is 6.45. The molecule has 1 aliphatic heterocycles. The Morgan fingerprint density at radius 3 is 2.80 bits per heavy atom. The number of carbonyl (C=O) groups excluding carboxylic acids is 1. The van der Waals surface area contributed by atoms with Crippen molar-refractivity contribution in [3.05, 3.63) is 28.7 Å². The van der Waals surface area contributed by atoms with Crippen molar-refractivity contribution in [1.29, 1.82) is 0 Å². The summed E-state index contributed by atoms with van der Waals surface area (Å²) in [5.41, 5.74) is 0.794. The van der Waals surface area contributed by atoms with E-state index in [9.17, 15) is 9.90 Å². The van der Waals surface area contributed by atoms with Gasteiger partial charge in [-0.1, -0.05) is 30.0 Å². The van der Waals surface area contributed by atoms with Gasteiger partial charge in [-0.25, -0.2) is 0 Å². The zero-order valence-corrected chi connectivity index (χ0v) is 12.9. The summed E-state index contributed by atoms with van der Waals surface area (Å²) in [5.74, 6) is 0.422. The summed E-state index contributed by atoms with van der Waals surface area (Å²) < 4.78 is 5.90. The molecule has 106 valence electrons. The van der Waals surface area contributed by atoms with Crippen LogP contribution in [0, 0.1) is 0 Å². The fourth-order valence-corrected chi connectivity index (χ4v) is 3.20. The Labute approximate surface area is 127 Å². The van der Waals surface area contributed by atoms with E-state index in [-0.39, 0.29) is 11.7 Å². The standard InChI is InChI=1S/C14H15NO3S2/c1-3-15-13(17)12(20-14(15)19)8-9-5-6-10(16)11(7-9)18-4-2/h5-8,16H,3-4H2,1-2H3/b12-8+. The molecule has 1 aromatic rings. The van der Waals surface area contributed by atoms with Gasteiger partial charge >= 0.3 is 0 Å². The van der Waals surface area contributed by atoms with E-state index >= 15 is 0 Å². The van der Waals surface area contributed by atoms with Crippen LogP contribution in [0.4, 0.5) is 0 Å². The molecule has 2 rings (SSSR count). The molecule has 0 aromatic heterocycles. The number of amides is 1. The second kappa shape index (κ2) is 6.28. The number of thioether (sulfide) groups is 1. The van der Waals surface area contributed by atoms with Crippen molar-refractivity contribution in [2.45, 2.75) is 13.8 Å². The Hall–Kier alpha value is -1.53. The molecule has 1 N–H and O–H groups in total. The van der Waals surface area contributed by atoms with Gasteiger partial charge in [0.25, 0.3) is 5.91 Å². The highest BCUT2D eigenvalue weighted by molar-refractivity contribution is 8.26. The molecular formula is C14H15NO3S2. The van der Waals surface area contributed by atoms with Crippen molar-refractivity contribution in [3.8, 4) is 11.5 Å². The van der Waals surface area contributed by atoms with Crippen LogP contribution in [0.1, 0.15) is 19.4 Å². The minimum Gasteiger partial charge on any atom is -0.504 e. The Bertz CT molecular complexity index is 584. The van der Waals surface area contributed by atoms with Crippen molar-refractivity contribution in [3.63, 3.8) is 0 Å². The predicted molar refractivity (Wildman–Crippen MR) is 84.8 cm³/mol. The Balaban J connectivity index is 2.30. The summed E-state index contributed by atoms with van der Waals surface area (Å²) in [5, 5.41) is 9.65. The normalized spacial score (nSPS) is 17.1. The topological polar surface area (TPSA) is 49.8 Å². The third kappa shape index (κ3) is 2.96. The minimum absolute atomic E-state index is 0.0754. The summed E-state index contributed by atoms with van der Waals surface area (Å²) in [6.45, 7) is 4.77. The van der Waals surface area contributed by atoms with Crippen molar-refractivity contribution in [1.82, 2.24) is 4.90 Å². The molecule has 20 heavy (non-hydrogen) atoms. The SMILES string of the molecule is CCOc1cc(/C=C2/SC(=S)N(CC)C2=O)ccc1O. The number of phenols is 1. The van der Waals surface area contributed by atoms with Crippen LogP contribution in [0.3, 0.4) is 0 Å². The predicted octanol–water partition coefficient (Wildman–Crippen LogP) is 3.01. The van der Waals surface area contributed by atoms with Gasteiger partial charge in [-0.15, -0.1) is 0 Å². The van der Waals surface area contributed by atoms with E-state index in [1.54, 1.807) is 29.2 Å². The lowest BCUT2D eigenvalue weighted by atomic mass is 10.2. The van der Waals surface area contributed by atoms with Crippen molar-refractivity contribution in [2.24, 2.45) is 0 Å². The molecule has 1 saturated heterocycles. The van der Waals surface area contributed by atoms with Crippen LogP contribution in [-0.4, -0.2) is 33.4 Å². The third-order valence-electron chi connectivity index (χ3n) is 2.77. The van der Waals surface area contributed by atoms with Gasteiger partial charge in [-0.3, -0.25) is 9.69 Å². The van der Waals surface area contributed by atoms with Gasteiger partial charge in [-0.2, -0.15) is 0 Å². The molecule has 1 heterocycles. The molecule has 0 radical (unpaired) electrons. The van der Waals surface area contributed by atoms with Gasteiger partial charge in [0.15, 0.2) is 11.5 Å². The third-order valence-corrected chi connectivity index (χ3v) is 4.15. The fraction of sp³-hybridized carbons (Fsp3) is 0.286. The Morgan fingerprint density at radius 1 is 1.45 bits per heavy atom. The second-order valence-corrected chi connectivity index (χ2v) is 5.76. The van der Waals surface area contributed by atoms with Gasteiger partial charge < -0.3 is 9.84 Å². The van der Waals surface area contributed by atoms with Crippen molar-refractivity contribution >= 4 is 40.3 Å². The van der Waals surface area contributed by atoms with Crippen molar-refractivity contribution in [2.75, 3.05) is 13.2 Å². The van der Waals surface area contributed by atoms with E-state index in [2.05, 4.69) is 0 Å². The highest BCUT2D eigenvalue weighted by Gasteiger charge is 2.30. The minimum atomic E-state index is -0.0754. The largest absolute Gasteiger partial charge is 0.504 e.